The first kappa shape index (κ1) is 16.9. The fourth-order valence-electron chi connectivity index (χ4n) is 2.77. The normalized spacial score (nSPS) is 18.2. The van der Waals surface area contributed by atoms with Crippen molar-refractivity contribution in [2.75, 3.05) is 34.7 Å². The molecular weight excluding hydrogens is 306 g/mol. The Hall–Kier alpha value is -0.470. The zero-order valence-electron chi connectivity index (χ0n) is 13.2. The summed E-state index contributed by atoms with van der Waals surface area (Å²) in [5.74, 6) is 0. The van der Waals surface area contributed by atoms with Gasteiger partial charge in [-0.1, -0.05) is 0 Å². The molecule has 0 bridgehead atoms. The summed E-state index contributed by atoms with van der Waals surface area (Å²) in [4.78, 5) is 2.17. The van der Waals surface area contributed by atoms with Gasteiger partial charge < -0.3 is 10.2 Å². The lowest BCUT2D eigenvalue weighted by molar-refractivity contribution is 0.0455. The van der Waals surface area contributed by atoms with Crippen molar-refractivity contribution in [3.05, 3.63) is 17.0 Å². The Bertz CT molecular complexity index is 577. The largest absolute Gasteiger partial charge is 0.316 e. The first-order valence-electron chi connectivity index (χ1n) is 7.18. The molecule has 0 radical (unpaired) electrons. The van der Waals surface area contributed by atoms with Gasteiger partial charge in [0, 0.05) is 25.7 Å². The van der Waals surface area contributed by atoms with Gasteiger partial charge in [-0.05, 0) is 57.4 Å². The summed E-state index contributed by atoms with van der Waals surface area (Å²) in [5.41, 5.74) is 1.02. The zero-order chi connectivity index (χ0) is 15.7. The second-order valence-corrected chi connectivity index (χ2v) is 9.22. The number of nitrogens with one attached hydrogen (secondary N) is 1. The maximum atomic E-state index is 12.7. The average Bonchev–Trinajstić information content (AvgIpc) is 2.82. The fourth-order valence-corrected chi connectivity index (χ4v) is 5.44. The van der Waals surface area contributed by atoms with Crippen LogP contribution >= 0.6 is 11.3 Å². The monoisotopic (exact) mass is 331 g/mol. The molecule has 0 aliphatic heterocycles. The predicted molar refractivity (Wildman–Crippen MR) is 87.2 cm³/mol. The molecule has 2 rings (SSSR count). The third kappa shape index (κ3) is 3.32. The molecule has 1 N–H and O–H groups in total. The molecule has 1 aromatic heterocycles. The molecule has 0 saturated heterocycles. The zero-order valence-corrected chi connectivity index (χ0v) is 14.9. The van der Waals surface area contributed by atoms with Crippen molar-refractivity contribution in [2.45, 2.75) is 35.6 Å². The molecule has 0 unspecified atom stereocenters. The first-order valence-corrected chi connectivity index (χ1v) is 9.49. The quantitative estimate of drug-likeness (QED) is 0.824. The molecule has 5 nitrogen and oxygen atoms in total. The highest BCUT2D eigenvalue weighted by molar-refractivity contribution is 7.91. The topological polar surface area (TPSA) is 52.7 Å². The van der Waals surface area contributed by atoms with E-state index in [1.165, 1.54) is 22.1 Å². The Morgan fingerprint density at radius 3 is 2.48 bits per heavy atom. The number of likely N-dealkylation sites (N-methyl/N-ethyl adjacent to an activating group) is 2. The molecule has 120 valence electrons. The van der Waals surface area contributed by atoms with Crippen molar-refractivity contribution >= 4 is 21.4 Å². The van der Waals surface area contributed by atoms with Crippen LogP contribution in [0, 0.1) is 0 Å². The summed E-state index contributed by atoms with van der Waals surface area (Å²) in [6.07, 6.45) is 3.31. The highest BCUT2D eigenvalue weighted by Gasteiger charge is 2.42. The Balaban J connectivity index is 2.14. The summed E-state index contributed by atoms with van der Waals surface area (Å²) in [6.45, 7) is 1.25. The van der Waals surface area contributed by atoms with E-state index >= 15 is 0 Å². The van der Waals surface area contributed by atoms with E-state index in [9.17, 15) is 8.42 Å². The van der Waals surface area contributed by atoms with E-state index in [4.69, 9.17) is 0 Å². The van der Waals surface area contributed by atoms with Crippen LogP contribution in [0.4, 0.5) is 0 Å². The van der Waals surface area contributed by atoms with Crippen LogP contribution in [0.1, 0.15) is 24.8 Å². The lowest BCUT2D eigenvalue weighted by Crippen LogP contribution is -2.57. The lowest BCUT2D eigenvalue weighted by atomic mass is 9.75. The Labute approximate surface area is 132 Å². The van der Waals surface area contributed by atoms with E-state index in [1.807, 2.05) is 26.5 Å². The van der Waals surface area contributed by atoms with Crippen LogP contribution in [0.5, 0.6) is 0 Å². The van der Waals surface area contributed by atoms with Gasteiger partial charge in [0.2, 0.25) is 0 Å². The van der Waals surface area contributed by atoms with E-state index in [1.54, 1.807) is 13.1 Å². The second kappa shape index (κ2) is 6.34. The molecule has 0 spiro atoms. The van der Waals surface area contributed by atoms with Gasteiger partial charge in [-0.15, -0.1) is 11.3 Å². The minimum Gasteiger partial charge on any atom is -0.316 e. The van der Waals surface area contributed by atoms with Crippen molar-refractivity contribution in [1.29, 1.82) is 0 Å². The molecule has 1 aliphatic rings. The van der Waals surface area contributed by atoms with Crippen LogP contribution in [-0.4, -0.2) is 57.9 Å². The fraction of sp³-hybridized carbons (Fsp3) is 0.714. The van der Waals surface area contributed by atoms with Crippen molar-refractivity contribution in [3.63, 3.8) is 0 Å². The van der Waals surface area contributed by atoms with E-state index < -0.39 is 10.0 Å². The van der Waals surface area contributed by atoms with Gasteiger partial charge in [-0.2, -0.15) is 4.31 Å². The molecule has 1 aliphatic carbocycles. The summed E-state index contributed by atoms with van der Waals surface area (Å²) in [6, 6.07) is 1.77. The van der Waals surface area contributed by atoms with Crippen LogP contribution < -0.4 is 5.32 Å². The summed E-state index contributed by atoms with van der Waals surface area (Å²) < 4.78 is 27.3. The Morgan fingerprint density at radius 2 is 2.00 bits per heavy atom. The van der Waals surface area contributed by atoms with Crippen LogP contribution in [0.3, 0.4) is 0 Å². The van der Waals surface area contributed by atoms with Gasteiger partial charge in [0.1, 0.15) is 4.21 Å². The maximum absolute atomic E-state index is 12.7. The second-order valence-electron chi connectivity index (χ2n) is 6.04. The number of rotatable bonds is 7. The molecule has 7 heteroatoms. The van der Waals surface area contributed by atoms with Crippen LogP contribution in [0.15, 0.2) is 15.7 Å². The highest BCUT2D eigenvalue weighted by Crippen LogP contribution is 2.37. The van der Waals surface area contributed by atoms with Crippen LogP contribution in [-0.2, 0) is 16.6 Å². The first-order chi connectivity index (χ1) is 9.82. The molecule has 21 heavy (non-hydrogen) atoms. The van der Waals surface area contributed by atoms with Gasteiger partial charge in [-0.3, -0.25) is 0 Å². The summed E-state index contributed by atoms with van der Waals surface area (Å²) in [5, 5.41) is 4.95. The van der Waals surface area contributed by atoms with Gasteiger partial charge in [0.15, 0.2) is 0 Å². The maximum Gasteiger partial charge on any atom is 0.252 e. The van der Waals surface area contributed by atoms with Crippen molar-refractivity contribution < 1.29 is 8.42 Å². The number of sulfonamides is 1. The predicted octanol–water partition coefficient (Wildman–Crippen LogP) is 1.57. The number of thiophene rings is 1. The SMILES string of the molecule is CNCc1csc(S(=O)(=O)N(C)CC2(N(C)C)CCC2)c1. The molecule has 1 saturated carbocycles. The minimum absolute atomic E-state index is 0.00683. The molecule has 0 amide bonds. The summed E-state index contributed by atoms with van der Waals surface area (Å²) in [7, 11) is 4.24. The molecular formula is C14H25N3O2S2. The molecule has 0 aromatic carbocycles. The van der Waals surface area contributed by atoms with Crippen molar-refractivity contribution in [1.82, 2.24) is 14.5 Å². The van der Waals surface area contributed by atoms with Crippen molar-refractivity contribution in [2.24, 2.45) is 0 Å². The third-order valence-electron chi connectivity index (χ3n) is 4.43. The van der Waals surface area contributed by atoms with Gasteiger partial charge in [-0.25, -0.2) is 8.42 Å². The van der Waals surface area contributed by atoms with Gasteiger partial charge in [0.05, 0.1) is 0 Å². The number of hydrogen-bond donors (Lipinski definition) is 1. The van der Waals surface area contributed by atoms with Gasteiger partial charge >= 0.3 is 0 Å². The van der Waals surface area contributed by atoms with Crippen molar-refractivity contribution in [3.8, 4) is 0 Å². The van der Waals surface area contributed by atoms with E-state index in [0.717, 1.165) is 18.4 Å². The molecule has 1 fully saturated rings. The van der Waals surface area contributed by atoms with E-state index in [2.05, 4.69) is 10.2 Å². The summed E-state index contributed by atoms with van der Waals surface area (Å²) >= 11 is 1.30. The van der Waals surface area contributed by atoms with E-state index in [-0.39, 0.29) is 5.54 Å². The average molecular weight is 332 g/mol. The van der Waals surface area contributed by atoms with E-state index in [0.29, 0.717) is 17.3 Å². The third-order valence-corrected chi connectivity index (χ3v) is 7.69. The Morgan fingerprint density at radius 1 is 1.33 bits per heavy atom. The lowest BCUT2D eigenvalue weighted by Gasteiger charge is -2.48. The molecule has 1 aromatic rings. The van der Waals surface area contributed by atoms with Gasteiger partial charge in [0.25, 0.3) is 10.0 Å². The molecule has 1 heterocycles. The van der Waals surface area contributed by atoms with Crippen LogP contribution in [0.2, 0.25) is 0 Å². The minimum atomic E-state index is -3.38. The standard InChI is InChI=1S/C14H25N3O2S2/c1-15-9-12-8-13(20-10-12)21(18,19)17(4)11-14(16(2)3)6-5-7-14/h8,10,15H,5-7,9,11H2,1-4H3. The number of hydrogen-bond acceptors (Lipinski definition) is 5. The molecule has 0 atom stereocenters. The smallest absolute Gasteiger partial charge is 0.252 e. The van der Waals surface area contributed by atoms with Crippen LogP contribution in [0.25, 0.3) is 0 Å². The number of nitrogens with zero attached hydrogens (tertiary/aromatic N) is 2. The Kier molecular flexibility index (Phi) is 5.10. The highest BCUT2D eigenvalue weighted by atomic mass is 32.2.